The zero-order valence-electron chi connectivity index (χ0n) is 9.18. The lowest BCUT2D eigenvalue weighted by molar-refractivity contribution is -0.128. The molecular weight excluding hydrogens is 272 g/mol. The van der Waals surface area contributed by atoms with Crippen molar-refractivity contribution in [2.24, 2.45) is 0 Å². The summed E-state index contributed by atoms with van der Waals surface area (Å²) >= 11 is 3.39. The third kappa shape index (κ3) is 3.34. The Morgan fingerprint density at radius 2 is 2.38 bits per heavy atom. The summed E-state index contributed by atoms with van der Waals surface area (Å²) in [5.74, 6) is 0. The molecule has 0 aliphatic rings. The first-order valence-electron chi connectivity index (χ1n) is 4.83. The number of hydrogen-bond donors (Lipinski definition) is 0. The summed E-state index contributed by atoms with van der Waals surface area (Å²) < 4.78 is 7.26. The van der Waals surface area contributed by atoms with Crippen molar-refractivity contribution in [3.05, 3.63) is 34.7 Å². The van der Waals surface area contributed by atoms with Crippen LogP contribution in [0.25, 0.3) is 5.65 Å². The number of aryl methyl sites for hydroxylation is 1. The number of imidazole rings is 1. The topological polar surface area (TPSA) is 43.6 Å². The summed E-state index contributed by atoms with van der Waals surface area (Å²) in [6.45, 7) is 4.70. The van der Waals surface area contributed by atoms with Gasteiger partial charge in [0.1, 0.15) is 5.65 Å². The third-order valence-corrected chi connectivity index (χ3v) is 2.39. The van der Waals surface area contributed by atoms with Gasteiger partial charge in [0.05, 0.1) is 6.61 Å². The van der Waals surface area contributed by atoms with E-state index in [2.05, 4.69) is 25.7 Å². The molecule has 2 aromatic heterocycles. The monoisotopic (exact) mass is 284 g/mol. The van der Waals surface area contributed by atoms with Gasteiger partial charge in [-0.15, -0.1) is 0 Å². The summed E-state index contributed by atoms with van der Waals surface area (Å²) in [5, 5.41) is 0. The number of fused-ring (bicyclic) bond motifs is 1. The van der Waals surface area contributed by atoms with Crippen molar-refractivity contribution >= 4 is 28.0 Å². The average Bonchev–Trinajstić information content (AvgIpc) is 2.62. The van der Waals surface area contributed by atoms with Gasteiger partial charge in [-0.25, -0.2) is 4.98 Å². The van der Waals surface area contributed by atoms with Gasteiger partial charge < -0.3 is 9.14 Å². The lowest BCUT2D eigenvalue weighted by Gasteiger charge is -1.94. The van der Waals surface area contributed by atoms with E-state index in [-0.39, 0.29) is 0 Å². The van der Waals surface area contributed by atoms with Crippen molar-refractivity contribution in [1.82, 2.24) is 9.38 Å². The molecule has 0 aliphatic heterocycles. The molecule has 0 saturated carbocycles. The maximum absolute atomic E-state index is 9.18. The van der Waals surface area contributed by atoms with E-state index in [1.807, 2.05) is 35.9 Å². The quantitative estimate of drug-likeness (QED) is 0.796. The first-order valence-corrected chi connectivity index (χ1v) is 5.62. The Bertz CT molecular complexity index is 468. The second-order valence-corrected chi connectivity index (χ2v) is 3.94. The first kappa shape index (κ1) is 12.7. The molecule has 2 aromatic rings. The molecule has 2 heterocycles. The van der Waals surface area contributed by atoms with Crippen LogP contribution in [0.5, 0.6) is 0 Å². The average molecular weight is 285 g/mol. The van der Waals surface area contributed by atoms with E-state index in [0.29, 0.717) is 13.1 Å². The van der Waals surface area contributed by atoms with E-state index < -0.39 is 0 Å². The SMILES string of the molecule is CCOC=O.Cc1cnc2cc(Br)ccn12. The van der Waals surface area contributed by atoms with E-state index in [1.165, 1.54) is 0 Å². The highest BCUT2D eigenvalue weighted by Gasteiger charge is 1.96. The summed E-state index contributed by atoms with van der Waals surface area (Å²) in [7, 11) is 0. The van der Waals surface area contributed by atoms with Crippen LogP contribution >= 0.6 is 15.9 Å². The number of hydrogen-bond acceptors (Lipinski definition) is 3. The van der Waals surface area contributed by atoms with Crippen molar-refractivity contribution in [1.29, 1.82) is 0 Å². The fourth-order valence-corrected chi connectivity index (χ4v) is 1.47. The van der Waals surface area contributed by atoms with E-state index in [9.17, 15) is 4.79 Å². The molecule has 2 rings (SSSR count). The number of ether oxygens (including phenoxy) is 1. The fourth-order valence-electron chi connectivity index (χ4n) is 1.15. The van der Waals surface area contributed by atoms with Crippen molar-refractivity contribution in [2.45, 2.75) is 13.8 Å². The van der Waals surface area contributed by atoms with Gasteiger partial charge in [-0.1, -0.05) is 15.9 Å². The zero-order valence-corrected chi connectivity index (χ0v) is 10.8. The number of aromatic nitrogens is 2. The van der Waals surface area contributed by atoms with Gasteiger partial charge >= 0.3 is 0 Å². The largest absolute Gasteiger partial charge is 0.468 e. The Balaban J connectivity index is 0.000000221. The summed E-state index contributed by atoms with van der Waals surface area (Å²) in [4.78, 5) is 13.4. The summed E-state index contributed by atoms with van der Waals surface area (Å²) in [6.07, 6.45) is 3.86. The number of nitrogens with zero attached hydrogens (tertiary/aromatic N) is 2. The summed E-state index contributed by atoms with van der Waals surface area (Å²) in [6, 6.07) is 3.99. The van der Waals surface area contributed by atoms with Gasteiger partial charge in [0.25, 0.3) is 6.47 Å². The van der Waals surface area contributed by atoms with Crippen LogP contribution in [-0.4, -0.2) is 22.5 Å². The Hall–Kier alpha value is -1.36. The Morgan fingerprint density at radius 1 is 1.62 bits per heavy atom. The number of pyridine rings is 1. The molecule has 4 nitrogen and oxygen atoms in total. The van der Waals surface area contributed by atoms with Gasteiger partial charge in [-0.2, -0.15) is 0 Å². The van der Waals surface area contributed by atoms with Gasteiger partial charge in [0.15, 0.2) is 0 Å². The molecule has 0 amide bonds. The standard InChI is InChI=1S/C8H7BrN2.C3H6O2/c1-6-5-10-8-4-7(9)2-3-11(6)8;1-2-5-3-4/h2-5H,1H3;3H,2H2,1H3. The summed E-state index contributed by atoms with van der Waals surface area (Å²) in [5.41, 5.74) is 2.14. The minimum absolute atomic E-state index is 0.431. The molecule has 0 atom stereocenters. The highest BCUT2D eigenvalue weighted by Crippen LogP contribution is 2.12. The van der Waals surface area contributed by atoms with Gasteiger partial charge in [-0.3, -0.25) is 4.79 Å². The molecule has 0 unspecified atom stereocenters. The number of halogens is 1. The Kier molecular flexibility index (Phi) is 4.98. The van der Waals surface area contributed by atoms with E-state index >= 15 is 0 Å². The number of carbonyl (C=O) groups excluding carboxylic acids is 1. The van der Waals surface area contributed by atoms with Crippen LogP contribution in [0, 0.1) is 6.92 Å². The maximum atomic E-state index is 9.18. The van der Waals surface area contributed by atoms with Gasteiger partial charge in [-0.05, 0) is 26.0 Å². The number of rotatable bonds is 2. The maximum Gasteiger partial charge on any atom is 0.293 e. The van der Waals surface area contributed by atoms with E-state index in [4.69, 9.17) is 0 Å². The Labute approximate surface area is 102 Å². The zero-order chi connectivity index (χ0) is 12.0. The van der Waals surface area contributed by atoms with Crippen LogP contribution in [0.2, 0.25) is 0 Å². The van der Waals surface area contributed by atoms with E-state index in [1.54, 1.807) is 6.92 Å². The fraction of sp³-hybridized carbons (Fsp3) is 0.273. The first-order chi connectivity index (χ1) is 7.69. The van der Waals surface area contributed by atoms with Gasteiger partial charge in [0.2, 0.25) is 0 Å². The minimum atomic E-state index is 0.431. The third-order valence-electron chi connectivity index (χ3n) is 1.89. The second-order valence-electron chi connectivity index (χ2n) is 3.02. The molecule has 0 aliphatic carbocycles. The van der Waals surface area contributed by atoms with Crippen molar-refractivity contribution in [2.75, 3.05) is 6.61 Å². The highest BCUT2D eigenvalue weighted by molar-refractivity contribution is 9.10. The van der Waals surface area contributed by atoms with Crippen LogP contribution in [0.4, 0.5) is 0 Å². The molecule has 0 N–H and O–H groups in total. The molecule has 0 aromatic carbocycles. The molecule has 5 heteroatoms. The molecule has 0 radical (unpaired) electrons. The molecule has 0 bridgehead atoms. The molecule has 86 valence electrons. The van der Waals surface area contributed by atoms with Crippen LogP contribution in [0.1, 0.15) is 12.6 Å². The van der Waals surface area contributed by atoms with Crippen LogP contribution in [-0.2, 0) is 9.53 Å². The smallest absolute Gasteiger partial charge is 0.293 e. The highest BCUT2D eigenvalue weighted by atomic mass is 79.9. The second kappa shape index (κ2) is 6.27. The molecule has 0 saturated heterocycles. The lowest BCUT2D eigenvalue weighted by Crippen LogP contribution is -1.84. The normalized spacial score (nSPS) is 9.44. The van der Waals surface area contributed by atoms with E-state index in [0.717, 1.165) is 15.8 Å². The predicted octanol–water partition coefficient (Wildman–Crippen LogP) is 2.58. The predicted molar refractivity (Wildman–Crippen MR) is 65.3 cm³/mol. The Morgan fingerprint density at radius 3 is 2.94 bits per heavy atom. The molecule has 16 heavy (non-hydrogen) atoms. The van der Waals surface area contributed by atoms with Crippen LogP contribution in [0.3, 0.4) is 0 Å². The minimum Gasteiger partial charge on any atom is -0.468 e. The molecule has 0 fully saturated rings. The number of carbonyl (C=O) groups is 1. The van der Waals surface area contributed by atoms with Crippen molar-refractivity contribution < 1.29 is 9.53 Å². The van der Waals surface area contributed by atoms with Crippen LogP contribution < -0.4 is 0 Å². The van der Waals surface area contributed by atoms with Crippen LogP contribution in [0.15, 0.2) is 29.0 Å². The van der Waals surface area contributed by atoms with Crippen molar-refractivity contribution in [3.63, 3.8) is 0 Å². The molecular formula is C11H13BrN2O2. The molecule has 0 spiro atoms. The lowest BCUT2D eigenvalue weighted by atomic mass is 10.4. The van der Waals surface area contributed by atoms with Gasteiger partial charge in [0, 0.05) is 22.6 Å². The van der Waals surface area contributed by atoms with Crippen molar-refractivity contribution in [3.8, 4) is 0 Å².